The van der Waals surface area contributed by atoms with Crippen LogP contribution in [0.2, 0.25) is 0 Å². The lowest BCUT2D eigenvalue weighted by atomic mass is 10.4. The molecular weight excluding hydrogens is 242 g/mol. The summed E-state index contributed by atoms with van der Waals surface area (Å²) >= 11 is 0. The fourth-order valence-electron chi connectivity index (χ4n) is 1.87. The minimum atomic E-state index is 0.692. The summed E-state index contributed by atoms with van der Waals surface area (Å²) in [5, 5.41) is 0. The van der Waals surface area contributed by atoms with Crippen molar-refractivity contribution >= 4 is 0 Å². The van der Waals surface area contributed by atoms with E-state index in [0.717, 1.165) is 31.2 Å². The molecule has 0 amide bonds. The number of nitrogens with zero attached hydrogens (tertiary/aromatic N) is 5. The Kier molecular flexibility index (Phi) is 5.00. The first-order chi connectivity index (χ1) is 9.29. The standard InChI is InChI=1S/C13H19N5O/c1-17(10-12-9-14-3-4-15-12)11-13-16-5-6-18(13)7-8-19-2/h3-6,9H,7-8,10-11H2,1-2H3. The third-order valence-corrected chi connectivity index (χ3v) is 2.80. The van der Waals surface area contributed by atoms with Crippen LogP contribution in [-0.2, 0) is 24.4 Å². The van der Waals surface area contributed by atoms with Crippen molar-refractivity contribution in [1.29, 1.82) is 0 Å². The summed E-state index contributed by atoms with van der Waals surface area (Å²) in [5.74, 6) is 1.03. The molecule has 0 saturated heterocycles. The van der Waals surface area contributed by atoms with E-state index < -0.39 is 0 Å². The molecule has 0 radical (unpaired) electrons. The van der Waals surface area contributed by atoms with Gasteiger partial charge in [0.15, 0.2) is 0 Å². The highest BCUT2D eigenvalue weighted by Gasteiger charge is 2.07. The van der Waals surface area contributed by atoms with Crippen LogP contribution < -0.4 is 0 Å². The van der Waals surface area contributed by atoms with Crippen LogP contribution in [0.5, 0.6) is 0 Å². The first-order valence-electron chi connectivity index (χ1n) is 6.22. The second kappa shape index (κ2) is 6.96. The molecule has 0 aliphatic heterocycles. The zero-order valence-corrected chi connectivity index (χ0v) is 11.4. The van der Waals surface area contributed by atoms with E-state index in [9.17, 15) is 0 Å². The lowest BCUT2D eigenvalue weighted by Gasteiger charge is -2.16. The quantitative estimate of drug-likeness (QED) is 0.743. The topological polar surface area (TPSA) is 56.1 Å². The van der Waals surface area contributed by atoms with Gasteiger partial charge >= 0.3 is 0 Å². The van der Waals surface area contributed by atoms with Gasteiger partial charge in [-0.3, -0.25) is 14.9 Å². The lowest BCUT2D eigenvalue weighted by Crippen LogP contribution is -2.21. The summed E-state index contributed by atoms with van der Waals surface area (Å²) in [7, 11) is 3.75. The monoisotopic (exact) mass is 261 g/mol. The molecule has 6 heteroatoms. The highest BCUT2D eigenvalue weighted by Crippen LogP contribution is 2.05. The number of aromatic nitrogens is 4. The third-order valence-electron chi connectivity index (χ3n) is 2.80. The fourth-order valence-corrected chi connectivity index (χ4v) is 1.87. The van der Waals surface area contributed by atoms with Gasteiger partial charge in [0.25, 0.3) is 0 Å². The molecule has 0 saturated carbocycles. The molecule has 2 aromatic rings. The second-order valence-corrected chi connectivity index (χ2v) is 4.40. The summed E-state index contributed by atoms with van der Waals surface area (Å²) < 4.78 is 7.20. The normalized spacial score (nSPS) is 11.1. The van der Waals surface area contributed by atoms with Crippen LogP contribution >= 0.6 is 0 Å². The Morgan fingerprint density at radius 3 is 2.84 bits per heavy atom. The van der Waals surface area contributed by atoms with E-state index in [0.29, 0.717) is 6.61 Å². The van der Waals surface area contributed by atoms with Gasteiger partial charge in [-0.1, -0.05) is 0 Å². The van der Waals surface area contributed by atoms with Gasteiger partial charge in [-0.25, -0.2) is 4.98 Å². The van der Waals surface area contributed by atoms with Gasteiger partial charge < -0.3 is 9.30 Å². The molecule has 6 nitrogen and oxygen atoms in total. The third kappa shape index (κ3) is 4.11. The van der Waals surface area contributed by atoms with E-state index in [1.165, 1.54) is 0 Å². The van der Waals surface area contributed by atoms with Crippen molar-refractivity contribution in [2.75, 3.05) is 20.8 Å². The van der Waals surface area contributed by atoms with Crippen molar-refractivity contribution < 1.29 is 4.74 Å². The van der Waals surface area contributed by atoms with Crippen LogP contribution in [0.3, 0.4) is 0 Å². The molecule has 0 N–H and O–H groups in total. The van der Waals surface area contributed by atoms with Crippen molar-refractivity contribution in [2.45, 2.75) is 19.6 Å². The number of imidazole rings is 1. The van der Waals surface area contributed by atoms with Crippen molar-refractivity contribution in [2.24, 2.45) is 0 Å². The minimum Gasteiger partial charge on any atom is -0.383 e. The number of ether oxygens (including phenoxy) is 1. The fraction of sp³-hybridized carbons (Fsp3) is 0.462. The molecule has 0 spiro atoms. The summed E-state index contributed by atoms with van der Waals surface area (Å²) in [6.07, 6.45) is 8.98. The smallest absolute Gasteiger partial charge is 0.122 e. The van der Waals surface area contributed by atoms with Crippen LogP contribution in [0.1, 0.15) is 11.5 Å². The van der Waals surface area contributed by atoms with Crippen molar-refractivity contribution in [3.05, 3.63) is 42.5 Å². The number of methoxy groups -OCH3 is 1. The molecule has 0 fully saturated rings. The molecule has 19 heavy (non-hydrogen) atoms. The van der Waals surface area contributed by atoms with Crippen LogP contribution in [0, 0.1) is 0 Å². The predicted molar refractivity (Wildman–Crippen MR) is 71.3 cm³/mol. The number of hydrogen-bond acceptors (Lipinski definition) is 5. The van der Waals surface area contributed by atoms with Crippen LogP contribution in [0.25, 0.3) is 0 Å². The van der Waals surface area contributed by atoms with Crippen molar-refractivity contribution in [3.8, 4) is 0 Å². The van der Waals surface area contributed by atoms with Gasteiger partial charge in [-0.2, -0.15) is 0 Å². The molecule has 2 heterocycles. The van der Waals surface area contributed by atoms with E-state index >= 15 is 0 Å². The first kappa shape index (κ1) is 13.6. The molecule has 0 aliphatic rings. The first-order valence-corrected chi connectivity index (χ1v) is 6.22. The molecule has 102 valence electrons. The maximum Gasteiger partial charge on any atom is 0.122 e. The van der Waals surface area contributed by atoms with Crippen molar-refractivity contribution in [3.63, 3.8) is 0 Å². The van der Waals surface area contributed by atoms with E-state index in [4.69, 9.17) is 4.74 Å². The number of rotatable bonds is 7. The molecule has 0 aromatic carbocycles. The Balaban J connectivity index is 1.91. The second-order valence-electron chi connectivity index (χ2n) is 4.40. The van der Waals surface area contributed by atoms with E-state index in [1.54, 1.807) is 25.7 Å². The average molecular weight is 261 g/mol. The molecule has 0 bridgehead atoms. The molecule has 2 rings (SSSR count). The van der Waals surface area contributed by atoms with Gasteiger partial charge in [0.2, 0.25) is 0 Å². The Labute approximate surface area is 113 Å². The maximum absolute atomic E-state index is 5.09. The Morgan fingerprint density at radius 2 is 2.11 bits per heavy atom. The molecule has 2 aromatic heterocycles. The average Bonchev–Trinajstić information content (AvgIpc) is 2.84. The highest BCUT2D eigenvalue weighted by atomic mass is 16.5. The molecule has 0 aliphatic carbocycles. The van der Waals surface area contributed by atoms with Crippen LogP contribution in [0.15, 0.2) is 31.0 Å². The van der Waals surface area contributed by atoms with Gasteiger partial charge in [0.05, 0.1) is 18.8 Å². The zero-order chi connectivity index (χ0) is 13.5. The van der Waals surface area contributed by atoms with Crippen LogP contribution in [0.4, 0.5) is 0 Å². The molecular formula is C13H19N5O. The molecule has 0 atom stereocenters. The Morgan fingerprint density at radius 1 is 1.21 bits per heavy atom. The largest absolute Gasteiger partial charge is 0.383 e. The number of hydrogen-bond donors (Lipinski definition) is 0. The summed E-state index contributed by atoms with van der Waals surface area (Å²) in [5.41, 5.74) is 0.958. The maximum atomic E-state index is 5.09. The SMILES string of the molecule is COCCn1ccnc1CN(C)Cc1cnccn1. The Bertz CT molecular complexity index is 485. The summed E-state index contributed by atoms with van der Waals surface area (Å²) in [6, 6.07) is 0. The van der Waals surface area contributed by atoms with Gasteiger partial charge in [-0.15, -0.1) is 0 Å². The summed E-state index contributed by atoms with van der Waals surface area (Å²) in [6.45, 7) is 3.04. The lowest BCUT2D eigenvalue weighted by molar-refractivity contribution is 0.184. The molecule has 0 unspecified atom stereocenters. The van der Waals surface area contributed by atoms with Crippen molar-refractivity contribution in [1.82, 2.24) is 24.4 Å². The predicted octanol–water partition coefficient (Wildman–Crippen LogP) is 0.951. The van der Waals surface area contributed by atoms with Gasteiger partial charge in [-0.05, 0) is 7.05 Å². The van der Waals surface area contributed by atoms with Gasteiger partial charge in [0, 0.05) is 51.2 Å². The van der Waals surface area contributed by atoms with Gasteiger partial charge in [0.1, 0.15) is 5.82 Å². The van der Waals surface area contributed by atoms with E-state index in [1.807, 2.05) is 19.4 Å². The minimum absolute atomic E-state index is 0.692. The van der Waals surface area contributed by atoms with E-state index in [-0.39, 0.29) is 0 Å². The highest BCUT2D eigenvalue weighted by molar-refractivity contribution is 4.96. The Hall–Kier alpha value is -1.79. The van der Waals surface area contributed by atoms with E-state index in [2.05, 4.69) is 24.4 Å². The van der Waals surface area contributed by atoms with Crippen LogP contribution in [-0.4, -0.2) is 45.2 Å². The zero-order valence-electron chi connectivity index (χ0n) is 11.4. The summed E-state index contributed by atoms with van der Waals surface area (Å²) in [4.78, 5) is 14.9.